The summed E-state index contributed by atoms with van der Waals surface area (Å²) in [5.41, 5.74) is 6.34. The second-order valence-electron chi connectivity index (χ2n) is 5.00. The molecule has 2 aromatic rings. The van der Waals surface area contributed by atoms with E-state index in [1.807, 2.05) is 18.2 Å². The summed E-state index contributed by atoms with van der Waals surface area (Å²) in [6.07, 6.45) is 0. The van der Waals surface area contributed by atoms with E-state index in [0.29, 0.717) is 17.9 Å². The fourth-order valence-corrected chi connectivity index (χ4v) is 2.23. The van der Waals surface area contributed by atoms with Gasteiger partial charge in [-0.1, -0.05) is 12.1 Å². The van der Waals surface area contributed by atoms with Gasteiger partial charge in [-0.2, -0.15) is 0 Å². The summed E-state index contributed by atoms with van der Waals surface area (Å²) in [6.45, 7) is 0.692. The highest BCUT2D eigenvalue weighted by molar-refractivity contribution is 7.80. The minimum absolute atomic E-state index is 0.0196. The first-order valence-electron chi connectivity index (χ1n) is 7.13. The van der Waals surface area contributed by atoms with Crippen LogP contribution in [0.1, 0.15) is 15.9 Å². The van der Waals surface area contributed by atoms with Crippen molar-refractivity contribution in [1.82, 2.24) is 16.2 Å². The van der Waals surface area contributed by atoms with Crippen LogP contribution in [0.5, 0.6) is 17.2 Å². The van der Waals surface area contributed by atoms with Crippen molar-refractivity contribution >= 4 is 23.2 Å². The van der Waals surface area contributed by atoms with Crippen LogP contribution in [0.25, 0.3) is 0 Å². The smallest absolute Gasteiger partial charge is 0.269 e. The van der Waals surface area contributed by atoms with Gasteiger partial charge in [0.2, 0.25) is 6.79 Å². The molecule has 0 aliphatic carbocycles. The third kappa shape index (κ3) is 3.85. The molecule has 7 nitrogen and oxygen atoms in total. The van der Waals surface area contributed by atoms with Crippen molar-refractivity contribution in [3.8, 4) is 17.2 Å². The minimum atomic E-state index is -0.405. The van der Waals surface area contributed by atoms with E-state index >= 15 is 0 Å². The number of carbonyl (C=O) groups is 1. The van der Waals surface area contributed by atoms with Gasteiger partial charge in [-0.15, -0.1) is 0 Å². The fraction of sp³-hybridized carbons (Fsp3) is 0.125. The Kier molecular flexibility index (Phi) is 4.66. The molecule has 1 aliphatic rings. The van der Waals surface area contributed by atoms with Gasteiger partial charge in [-0.25, -0.2) is 0 Å². The molecule has 0 spiro atoms. The average Bonchev–Trinajstić information content (AvgIpc) is 3.05. The Labute approximate surface area is 143 Å². The van der Waals surface area contributed by atoms with Crippen LogP contribution in [-0.4, -0.2) is 22.9 Å². The summed E-state index contributed by atoms with van der Waals surface area (Å²) in [7, 11) is 0. The molecule has 0 saturated carbocycles. The molecule has 0 bridgehead atoms. The van der Waals surface area contributed by atoms with Crippen molar-refractivity contribution in [1.29, 1.82) is 0 Å². The maximum Gasteiger partial charge on any atom is 0.269 e. The monoisotopic (exact) mass is 345 g/mol. The second-order valence-corrected chi connectivity index (χ2v) is 5.41. The molecule has 1 heterocycles. The van der Waals surface area contributed by atoms with E-state index in [0.717, 1.165) is 11.3 Å². The molecular weight excluding hydrogens is 330 g/mol. The number of aromatic hydroxyl groups is 1. The lowest BCUT2D eigenvalue weighted by molar-refractivity contribution is 0.0943. The van der Waals surface area contributed by atoms with Crippen LogP contribution in [0.15, 0.2) is 42.5 Å². The molecule has 1 aliphatic heterocycles. The molecule has 0 aromatic heterocycles. The summed E-state index contributed by atoms with van der Waals surface area (Å²) in [6, 6.07) is 11.6. The maximum atomic E-state index is 11.9. The highest BCUT2D eigenvalue weighted by Crippen LogP contribution is 2.32. The van der Waals surface area contributed by atoms with Crippen LogP contribution in [0.2, 0.25) is 0 Å². The summed E-state index contributed by atoms with van der Waals surface area (Å²) in [5.74, 6) is 1.03. The molecule has 0 saturated heterocycles. The maximum absolute atomic E-state index is 11.9. The van der Waals surface area contributed by atoms with Gasteiger partial charge in [0.1, 0.15) is 5.75 Å². The number of nitrogens with one attached hydrogen (secondary N) is 3. The normalized spacial score (nSPS) is 11.7. The van der Waals surface area contributed by atoms with Gasteiger partial charge >= 0.3 is 0 Å². The number of phenols is 1. The Bertz CT molecular complexity index is 782. The second kappa shape index (κ2) is 7.05. The number of rotatable bonds is 3. The van der Waals surface area contributed by atoms with Gasteiger partial charge in [0.05, 0.1) is 0 Å². The number of amides is 1. The fourth-order valence-electron chi connectivity index (χ4n) is 2.11. The topological polar surface area (TPSA) is 91.9 Å². The summed E-state index contributed by atoms with van der Waals surface area (Å²) in [5, 5.41) is 12.6. The quantitative estimate of drug-likeness (QED) is 0.494. The van der Waals surface area contributed by atoms with Crippen LogP contribution >= 0.6 is 12.2 Å². The van der Waals surface area contributed by atoms with Crippen molar-refractivity contribution in [2.45, 2.75) is 6.54 Å². The number of benzene rings is 2. The summed E-state index contributed by atoms with van der Waals surface area (Å²) >= 11 is 5.10. The Morgan fingerprint density at radius 1 is 1.12 bits per heavy atom. The highest BCUT2D eigenvalue weighted by Gasteiger charge is 2.13. The SMILES string of the molecule is O=C(NNC(=S)NCc1ccc2c(c1)OCO2)c1cccc(O)c1. The minimum Gasteiger partial charge on any atom is -0.508 e. The number of phenolic OH excluding ortho intramolecular Hbond substituents is 1. The molecule has 1 amide bonds. The van der Waals surface area contributed by atoms with Gasteiger partial charge in [-0.3, -0.25) is 15.6 Å². The molecule has 8 heteroatoms. The van der Waals surface area contributed by atoms with Crippen molar-refractivity contribution in [3.05, 3.63) is 53.6 Å². The summed E-state index contributed by atoms with van der Waals surface area (Å²) in [4.78, 5) is 11.9. The summed E-state index contributed by atoms with van der Waals surface area (Å²) < 4.78 is 10.6. The van der Waals surface area contributed by atoms with E-state index in [1.54, 1.807) is 12.1 Å². The van der Waals surface area contributed by atoms with Gasteiger partial charge in [0, 0.05) is 12.1 Å². The van der Waals surface area contributed by atoms with Crippen LogP contribution in [0.4, 0.5) is 0 Å². The van der Waals surface area contributed by atoms with Crippen molar-refractivity contribution in [2.75, 3.05) is 6.79 Å². The predicted molar refractivity (Wildman–Crippen MR) is 90.7 cm³/mol. The van der Waals surface area contributed by atoms with Crippen molar-refractivity contribution in [2.24, 2.45) is 0 Å². The van der Waals surface area contributed by atoms with E-state index in [9.17, 15) is 9.90 Å². The number of fused-ring (bicyclic) bond motifs is 1. The van der Waals surface area contributed by atoms with E-state index in [1.165, 1.54) is 12.1 Å². The van der Waals surface area contributed by atoms with Crippen molar-refractivity contribution in [3.63, 3.8) is 0 Å². The first-order valence-corrected chi connectivity index (χ1v) is 7.54. The van der Waals surface area contributed by atoms with Gasteiger partial charge in [-0.05, 0) is 48.1 Å². The van der Waals surface area contributed by atoms with Gasteiger partial charge in [0.15, 0.2) is 16.6 Å². The number of hydrogen-bond donors (Lipinski definition) is 4. The Hall–Kier alpha value is -3.00. The van der Waals surface area contributed by atoms with Crippen LogP contribution in [0.3, 0.4) is 0 Å². The largest absolute Gasteiger partial charge is 0.508 e. The zero-order chi connectivity index (χ0) is 16.9. The number of carbonyl (C=O) groups excluding carboxylic acids is 1. The Morgan fingerprint density at radius 2 is 1.96 bits per heavy atom. The molecule has 0 atom stereocenters. The van der Waals surface area contributed by atoms with Crippen LogP contribution in [0, 0.1) is 0 Å². The van der Waals surface area contributed by atoms with Crippen molar-refractivity contribution < 1.29 is 19.4 Å². The first-order chi connectivity index (χ1) is 11.6. The third-order valence-electron chi connectivity index (χ3n) is 3.29. The molecule has 2 aromatic carbocycles. The number of ether oxygens (including phenoxy) is 2. The molecule has 0 radical (unpaired) electrons. The van der Waals surface area contributed by atoms with Gasteiger partial charge < -0.3 is 19.9 Å². The number of thiocarbonyl (C=S) groups is 1. The molecular formula is C16H15N3O4S. The zero-order valence-electron chi connectivity index (χ0n) is 12.5. The van der Waals surface area contributed by atoms with Crippen LogP contribution < -0.4 is 25.6 Å². The lowest BCUT2D eigenvalue weighted by Crippen LogP contribution is -2.46. The third-order valence-corrected chi connectivity index (χ3v) is 3.53. The van der Waals surface area contributed by atoms with E-state index < -0.39 is 5.91 Å². The number of hydrogen-bond acceptors (Lipinski definition) is 5. The average molecular weight is 345 g/mol. The van der Waals surface area contributed by atoms with E-state index in [-0.39, 0.29) is 17.7 Å². The standard InChI is InChI=1S/C16H15N3O4S/c20-12-3-1-2-11(7-12)15(21)18-19-16(24)17-8-10-4-5-13-14(6-10)23-9-22-13/h1-7,20H,8-9H2,(H,18,21)(H2,17,19,24). The molecule has 0 fully saturated rings. The molecule has 3 rings (SSSR count). The van der Waals surface area contributed by atoms with Gasteiger partial charge in [0.25, 0.3) is 5.91 Å². The molecule has 0 unspecified atom stereocenters. The predicted octanol–water partition coefficient (Wildman–Crippen LogP) is 1.43. The lowest BCUT2D eigenvalue weighted by Gasteiger charge is -2.12. The molecule has 4 N–H and O–H groups in total. The van der Waals surface area contributed by atoms with Crippen LogP contribution in [-0.2, 0) is 6.54 Å². The first kappa shape index (κ1) is 15.9. The Balaban J connectivity index is 1.47. The Morgan fingerprint density at radius 3 is 2.79 bits per heavy atom. The molecule has 124 valence electrons. The molecule has 24 heavy (non-hydrogen) atoms. The number of hydrazine groups is 1. The zero-order valence-corrected chi connectivity index (χ0v) is 13.4. The van der Waals surface area contributed by atoms with E-state index in [2.05, 4.69) is 16.2 Å². The highest BCUT2D eigenvalue weighted by atomic mass is 32.1. The lowest BCUT2D eigenvalue weighted by atomic mass is 10.2. The van der Waals surface area contributed by atoms with E-state index in [4.69, 9.17) is 21.7 Å².